The van der Waals surface area contributed by atoms with Crippen LogP contribution < -0.4 is 10.6 Å². The van der Waals surface area contributed by atoms with Crippen molar-refractivity contribution in [2.24, 2.45) is 5.92 Å². The monoisotopic (exact) mass is 421 g/mol. The van der Waals surface area contributed by atoms with E-state index in [4.69, 9.17) is 23.2 Å². The Labute approximate surface area is 175 Å². The number of carbonyl (C=O) groups is 1. The van der Waals surface area contributed by atoms with E-state index in [2.05, 4.69) is 27.5 Å². The van der Waals surface area contributed by atoms with Crippen molar-refractivity contribution in [3.8, 4) is 0 Å². The number of aromatic nitrogens is 2. The molecule has 0 spiro atoms. The summed E-state index contributed by atoms with van der Waals surface area (Å²) in [4.78, 5) is 23.1. The molecule has 2 fully saturated rings. The summed E-state index contributed by atoms with van der Waals surface area (Å²) in [6.07, 6.45) is 6.28. The number of likely N-dealkylation sites (tertiary alicyclic amines) is 1. The van der Waals surface area contributed by atoms with E-state index >= 15 is 0 Å². The fourth-order valence-electron chi connectivity index (χ4n) is 4.28. The molecule has 1 unspecified atom stereocenters. The Bertz CT molecular complexity index is 877. The van der Waals surface area contributed by atoms with Gasteiger partial charge in [0.05, 0.1) is 22.1 Å². The van der Waals surface area contributed by atoms with Crippen molar-refractivity contribution < 1.29 is 4.79 Å². The van der Waals surface area contributed by atoms with Crippen LogP contribution in [0, 0.1) is 5.92 Å². The van der Waals surface area contributed by atoms with Crippen LogP contribution in [0.15, 0.2) is 18.5 Å². The van der Waals surface area contributed by atoms with E-state index in [1.165, 1.54) is 25.6 Å². The SMILES string of the molecule is C[C@H]1CCC(N[C@@H]2CCN(C(=O)CNc3ncnc4cc(Cl)c(Cl)cc34)C2)C1. The molecule has 4 rings (SSSR count). The van der Waals surface area contributed by atoms with Crippen molar-refractivity contribution in [2.75, 3.05) is 25.0 Å². The van der Waals surface area contributed by atoms with E-state index in [1.807, 2.05) is 4.90 Å². The number of rotatable bonds is 5. The smallest absolute Gasteiger partial charge is 0.241 e. The van der Waals surface area contributed by atoms with Gasteiger partial charge >= 0.3 is 0 Å². The number of anilines is 1. The third-order valence-corrected chi connectivity index (χ3v) is 6.51. The molecule has 2 heterocycles. The van der Waals surface area contributed by atoms with E-state index in [0.29, 0.717) is 33.5 Å². The molecule has 1 aromatic heterocycles. The lowest BCUT2D eigenvalue weighted by molar-refractivity contribution is -0.128. The molecule has 2 aliphatic rings. The first-order valence-electron chi connectivity index (χ1n) is 9.87. The molecule has 28 heavy (non-hydrogen) atoms. The normalized spacial score (nSPS) is 24.8. The Hall–Kier alpha value is -1.63. The van der Waals surface area contributed by atoms with Crippen LogP contribution in [-0.2, 0) is 4.79 Å². The molecule has 2 aromatic rings. The minimum Gasteiger partial charge on any atom is -0.360 e. The Morgan fingerprint density at radius 1 is 1.18 bits per heavy atom. The molecule has 1 saturated heterocycles. The average molecular weight is 422 g/mol. The molecule has 0 radical (unpaired) electrons. The molecule has 3 atom stereocenters. The topological polar surface area (TPSA) is 70.2 Å². The van der Waals surface area contributed by atoms with Gasteiger partial charge in [0.15, 0.2) is 0 Å². The summed E-state index contributed by atoms with van der Waals surface area (Å²) in [5.74, 6) is 1.48. The highest BCUT2D eigenvalue weighted by atomic mass is 35.5. The molecule has 1 aliphatic heterocycles. The third kappa shape index (κ3) is 4.34. The molecule has 0 bridgehead atoms. The highest BCUT2D eigenvalue weighted by Gasteiger charge is 2.30. The molecule has 1 aromatic carbocycles. The van der Waals surface area contributed by atoms with E-state index in [0.717, 1.165) is 30.8 Å². The predicted molar refractivity (Wildman–Crippen MR) is 113 cm³/mol. The van der Waals surface area contributed by atoms with Gasteiger partial charge < -0.3 is 15.5 Å². The molecule has 1 aliphatic carbocycles. The zero-order valence-corrected chi connectivity index (χ0v) is 17.4. The molecular weight excluding hydrogens is 397 g/mol. The van der Waals surface area contributed by atoms with Gasteiger partial charge in [-0.15, -0.1) is 0 Å². The minimum atomic E-state index is 0.0795. The van der Waals surface area contributed by atoms with Gasteiger partial charge in [0.1, 0.15) is 12.1 Å². The summed E-state index contributed by atoms with van der Waals surface area (Å²) < 4.78 is 0. The van der Waals surface area contributed by atoms with Crippen molar-refractivity contribution in [2.45, 2.75) is 44.7 Å². The van der Waals surface area contributed by atoms with Crippen LogP contribution >= 0.6 is 23.2 Å². The van der Waals surface area contributed by atoms with Crippen molar-refractivity contribution in [3.05, 3.63) is 28.5 Å². The second-order valence-electron chi connectivity index (χ2n) is 7.97. The maximum atomic E-state index is 12.7. The summed E-state index contributed by atoms with van der Waals surface area (Å²) in [5.41, 5.74) is 0.690. The molecule has 6 nitrogen and oxygen atoms in total. The van der Waals surface area contributed by atoms with Gasteiger partial charge in [0, 0.05) is 30.6 Å². The fraction of sp³-hybridized carbons (Fsp3) is 0.550. The Morgan fingerprint density at radius 2 is 2.00 bits per heavy atom. The highest BCUT2D eigenvalue weighted by Crippen LogP contribution is 2.30. The summed E-state index contributed by atoms with van der Waals surface area (Å²) >= 11 is 12.2. The average Bonchev–Trinajstić information content (AvgIpc) is 3.30. The van der Waals surface area contributed by atoms with Crippen LogP contribution in [0.2, 0.25) is 10.0 Å². The lowest BCUT2D eigenvalue weighted by atomic mass is 10.1. The number of hydrogen-bond donors (Lipinski definition) is 2. The van der Waals surface area contributed by atoms with Crippen molar-refractivity contribution in [3.63, 3.8) is 0 Å². The van der Waals surface area contributed by atoms with Crippen molar-refractivity contribution >= 4 is 45.8 Å². The lowest BCUT2D eigenvalue weighted by Crippen LogP contribution is -2.41. The largest absolute Gasteiger partial charge is 0.360 e. The second kappa shape index (κ2) is 8.39. The Balaban J connectivity index is 1.34. The van der Waals surface area contributed by atoms with E-state index in [-0.39, 0.29) is 12.5 Å². The number of amides is 1. The first-order valence-corrected chi connectivity index (χ1v) is 10.6. The fourth-order valence-corrected chi connectivity index (χ4v) is 4.60. The van der Waals surface area contributed by atoms with Crippen LogP contribution in [0.3, 0.4) is 0 Å². The molecule has 150 valence electrons. The summed E-state index contributed by atoms with van der Waals surface area (Å²) in [6.45, 7) is 4.08. The van der Waals surface area contributed by atoms with E-state index in [9.17, 15) is 4.79 Å². The summed E-state index contributed by atoms with van der Waals surface area (Å²) in [6, 6.07) is 4.44. The van der Waals surface area contributed by atoms with E-state index in [1.54, 1.807) is 12.1 Å². The summed E-state index contributed by atoms with van der Waals surface area (Å²) in [5, 5.41) is 8.52. The molecule has 8 heteroatoms. The molecule has 2 N–H and O–H groups in total. The van der Waals surface area contributed by atoms with Gasteiger partial charge in [-0.25, -0.2) is 9.97 Å². The quantitative estimate of drug-likeness (QED) is 0.769. The number of benzene rings is 1. The zero-order valence-electron chi connectivity index (χ0n) is 15.9. The maximum Gasteiger partial charge on any atom is 0.241 e. The van der Waals surface area contributed by atoms with Gasteiger partial charge in [-0.2, -0.15) is 0 Å². The lowest BCUT2D eigenvalue weighted by Gasteiger charge is -2.20. The first-order chi connectivity index (χ1) is 13.5. The van der Waals surface area contributed by atoms with Crippen LogP contribution in [0.25, 0.3) is 10.9 Å². The van der Waals surface area contributed by atoms with Gasteiger partial charge in [-0.3, -0.25) is 4.79 Å². The van der Waals surface area contributed by atoms with Crippen LogP contribution in [-0.4, -0.2) is 52.5 Å². The number of fused-ring (bicyclic) bond motifs is 1. The van der Waals surface area contributed by atoms with Gasteiger partial charge in [-0.05, 0) is 43.7 Å². The van der Waals surface area contributed by atoms with Crippen molar-refractivity contribution in [1.29, 1.82) is 0 Å². The molecular formula is C20H25Cl2N5O. The number of nitrogens with one attached hydrogen (secondary N) is 2. The van der Waals surface area contributed by atoms with Crippen molar-refractivity contribution in [1.82, 2.24) is 20.2 Å². The van der Waals surface area contributed by atoms with Crippen LogP contribution in [0.4, 0.5) is 5.82 Å². The Kier molecular flexibility index (Phi) is 5.90. The van der Waals surface area contributed by atoms with Crippen LogP contribution in [0.1, 0.15) is 32.6 Å². The summed E-state index contributed by atoms with van der Waals surface area (Å²) in [7, 11) is 0. The van der Waals surface area contributed by atoms with Gasteiger partial charge in [0.25, 0.3) is 0 Å². The first kappa shape index (κ1) is 19.7. The minimum absolute atomic E-state index is 0.0795. The molecule has 1 amide bonds. The third-order valence-electron chi connectivity index (χ3n) is 5.79. The van der Waals surface area contributed by atoms with E-state index < -0.39 is 0 Å². The number of halogens is 2. The maximum absolute atomic E-state index is 12.7. The number of nitrogens with zero attached hydrogens (tertiary/aromatic N) is 3. The number of hydrogen-bond acceptors (Lipinski definition) is 5. The predicted octanol–water partition coefficient (Wildman–Crippen LogP) is 3.73. The standard InChI is InChI=1S/C20H25Cl2N5O/c1-12-2-3-13(6-12)26-14-4-5-27(10-14)19(28)9-23-20-15-7-16(21)17(22)8-18(15)24-11-25-20/h7-8,11-14,26H,2-6,9-10H2,1H3,(H,23,24,25)/t12-,13?,14+/m0/s1. The number of carbonyl (C=O) groups excluding carboxylic acids is 1. The molecule has 1 saturated carbocycles. The van der Waals surface area contributed by atoms with Crippen LogP contribution in [0.5, 0.6) is 0 Å². The second-order valence-corrected chi connectivity index (χ2v) is 8.78. The van der Waals surface area contributed by atoms with Gasteiger partial charge in [0.2, 0.25) is 5.91 Å². The zero-order chi connectivity index (χ0) is 19.7. The Morgan fingerprint density at radius 3 is 2.79 bits per heavy atom. The highest BCUT2D eigenvalue weighted by molar-refractivity contribution is 6.42. The van der Waals surface area contributed by atoms with Gasteiger partial charge in [-0.1, -0.05) is 30.1 Å².